The van der Waals surface area contributed by atoms with Gasteiger partial charge in [0.05, 0.1) is 25.5 Å². The Morgan fingerprint density at radius 3 is 2.81 bits per heavy atom. The summed E-state index contributed by atoms with van der Waals surface area (Å²) in [6.07, 6.45) is 1.24. The van der Waals surface area contributed by atoms with Crippen LogP contribution in [0.25, 0.3) is 0 Å². The van der Waals surface area contributed by atoms with E-state index in [1.165, 1.54) is 12.3 Å². The van der Waals surface area contributed by atoms with Crippen LogP contribution in [0.15, 0.2) is 16.7 Å². The van der Waals surface area contributed by atoms with E-state index in [1.54, 1.807) is 0 Å². The van der Waals surface area contributed by atoms with E-state index in [2.05, 4.69) is 10.1 Å². The van der Waals surface area contributed by atoms with E-state index in [0.29, 0.717) is 0 Å². The van der Waals surface area contributed by atoms with Gasteiger partial charge in [0.2, 0.25) is 5.22 Å². The Bertz CT molecular complexity index is 389. The zero-order chi connectivity index (χ0) is 12.1. The number of hydrogen-bond acceptors (Lipinski definition) is 5. The van der Waals surface area contributed by atoms with Gasteiger partial charge in [-0.15, -0.1) is 0 Å². The molecule has 0 fully saturated rings. The Labute approximate surface area is 96.1 Å². The molecular weight excluding hydrogens is 238 g/mol. The van der Waals surface area contributed by atoms with Crippen LogP contribution in [-0.4, -0.2) is 36.7 Å². The molecule has 1 rings (SSSR count). The molecule has 2 N–H and O–H groups in total. The van der Waals surface area contributed by atoms with E-state index in [9.17, 15) is 9.59 Å². The first kappa shape index (κ1) is 12.5. The largest absolute Gasteiger partial charge is 0.467 e. The molecule has 6 nitrogen and oxygen atoms in total. The van der Waals surface area contributed by atoms with Crippen LogP contribution in [0.1, 0.15) is 10.4 Å². The van der Waals surface area contributed by atoms with Crippen LogP contribution in [0.3, 0.4) is 0 Å². The van der Waals surface area contributed by atoms with Crippen molar-refractivity contribution in [2.75, 3.05) is 13.7 Å². The summed E-state index contributed by atoms with van der Waals surface area (Å²) in [5.74, 6) is -1.36. The molecular formula is C9H10ClNO5. The van der Waals surface area contributed by atoms with E-state index in [-0.39, 0.29) is 10.8 Å². The van der Waals surface area contributed by atoms with Crippen LogP contribution < -0.4 is 5.32 Å². The van der Waals surface area contributed by atoms with E-state index in [1.807, 2.05) is 0 Å². The number of esters is 1. The maximum atomic E-state index is 11.5. The van der Waals surface area contributed by atoms with Crippen molar-refractivity contribution in [3.05, 3.63) is 23.1 Å². The third kappa shape index (κ3) is 2.74. The minimum atomic E-state index is -1.12. The van der Waals surface area contributed by atoms with Crippen LogP contribution in [0.5, 0.6) is 0 Å². The summed E-state index contributed by atoms with van der Waals surface area (Å²) < 4.78 is 9.10. The number of carbonyl (C=O) groups excluding carboxylic acids is 2. The number of aliphatic hydroxyl groups is 1. The average molecular weight is 248 g/mol. The van der Waals surface area contributed by atoms with Crippen molar-refractivity contribution >= 4 is 23.5 Å². The van der Waals surface area contributed by atoms with Crippen LogP contribution in [0.4, 0.5) is 0 Å². The molecule has 0 aromatic carbocycles. The van der Waals surface area contributed by atoms with E-state index in [0.717, 1.165) is 7.11 Å². The number of aliphatic hydroxyl groups excluding tert-OH is 1. The van der Waals surface area contributed by atoms with Gasteiger partial charge in [0.1, 0.15) is 0 Å². The van der Waals surface area contributed by atoms with Gasteiger partial charge in [-0.25, -0.2) is 4.79 Å². The fourth-order valence-corrected chi connectivity index (χ4v) is 1.21. The predicted molar refractivity (Wildman–Crippen MR) is 54.1 cm³/mol. The number of nitrogens with one attached hydrogen (secondary N) is 1. The first-order chi connectivity index (χ1) is 7.60. The van der Waals surface area contributed by atoms with Crippen LogP contribution in [0.2, 0.25) is 5.22 Å². The van der Waals surface area contributed by atoms with E-state index >= 15 is 0 Å². The zero-order valence-corrected chi connectivity index (χ0v) is 9.15. The predicted octanol–water partition coefficient (Wildman–Crippen LogP) is 0.197. The van der Waals surface area contributed by atoms with Gasteiger partial charge in [-0.2, -0.15) is 0 Å². The first-order valence-electron chi connectivity index (χ1n) is 4.32. The smallest absolute Gasteiger partial charge is 0.330 e. The molecule has 0 radical (unpaired) electrons. The highest BCUT2D eigenvalue weighted by atomic mass is 35.5. The Hall–Kier alpha value is -1.53. The van der Waals surface area contributed by atoms with Crippen molar-refractivity contribution in [2.24, 2.45) is 0 Å². The number of amides is 1. The molecule has 1 aromatic heterocycles. The SMILES string of the molecule is COC(=O)C(CO)NC(=O)c1ccoc1Cl. The fraction of sp³-hybridized carbons (Fsp3) is 0.333. The zero-order valence-electron chi connectivity index (χ0n) is 8.40. The maximum Gasteiger partial charge on any atom is 0.330 e. The third-order valence-corrected chi connectivity index (χ3v) is 2.13. The molecule has 0 saturated carbocycles. The standard InChI is InChI=1S/C9H10ClNO5/c1-15-9(14)6(4-12)11-8(13)5-2-3-16-7(5)10/h2-3,6,12H,4H2,1H3,(H,11,13). The van der Waals surface area contributed by atoms with Gasteiger partial charge >= 0.3 is 5.97 Å². The first-order valence-corrected chi connectivity index (χ1v) is 4.70. The molecule has 1 unspecified atom stereocenters. The molecule has 1 amide bonds. The van der Waals surface area contributed by atoms with Crippen molar-refractivity contribution in [2.45, 2.75) is 6.04 Å². The van der Waals surface area contributed by atoms with Crippen molar-refractivity contribution in [1.29, 1.82) is 0 Å². The molecule has 88 valence electrons. The van der Waals surface area contributed by atoms with Crippen molar-refractivity contribution < 1.29 is 23.8 Å². The molecule has 16 heavy (non-hydrogen) atoms. The molecule has 0 bridgehead atoms. The van der Waals surface area contributed by atoms with Crippen molar-refractivity contribution in [3.8, 4) is 0 Å². The molecule has 0 aliphatic rings. The Morgan fingerprint density at radius 2 is 2.38 bits per heavy atom. The lowest BCUT2D eigenvalue weighted by Gasteiger charge is -2.12. The third-order valence-electron chi connectivity index (χ3n) is 1.84. The quantitative estimate of drug-likeness (QED) is 0.742. The summed E-state index contributed by atoms with van der Waals surface area (Å²) >= 11 is 5.57. The average Bonchev–Trinajstić information content (AvgIpc) is 2.71. The normalized spacial score (nSPS) is 11.9. The second-order valence-electron chi connectivity index (χ2n) is 2.84. The highest BCUT2D eigenvalue weighted by molar-refractivity contribution is 6.32. The van der Waals surface area contributed by atoms with Crippen molar-refractivity contribution in [1.82, 2.24) is 5.32 Å². The molecule has 7 heteroatoms. The summed E-state index contributed by atoms with van der Waals surface area (Å²) in [6, 6.07) is 0.229. The second kappa shape index (κ2) is 5.53. The summed E-state index contributed by atoms with van der Waals surface area (Å²) in [5, 5.41) is 11.0. The lowest BCUT2D eigenvalue weighted by atomic mass is 10.2. The number of methoxy groups -OCH3 is 1. The van der Waals surface area contributed by atoms with E-state index in [4.69, 9.17) is 21.1 Å². The summed E-state index contributed by atoms with van der Waals surface area (Å²) in [7, 11) is 1.15. The number of ether oxygens (including phenoxy) is 1. The number of furan rings is 1. The van der Waals surface area contributed by atoms with Gasteiger partial charge in [-0.3, -0.25) is 4.79 Å². The highest BCUT2D eigenvalue weighted by Gasteiger charge is 2.23. The number of hydrogen-bond donors (Lipinski definition) is 2. The van der Waals surface area contributed by atoms with Gasteiger partial charge in [-0.05, 0) is 17.7 Å². The van der Waals surface area contributed by atoms with Crippen molar-refractivity contribution in [3.63, 3.8) is 0 Å². The summed E-state index contributed by atoms with van der Waals surface area (Å²) in [4.78, 5) is 22.6. The van der Waals surface area contributed by atoms with Crippen LogP contribution >= 0.6 is 11.6 Å². The summed E-state index contributed by atoms with van der Waals surface area (Å²) in [5.41, 5.74) is 0.0871. The molecule has 1 atom stereocenters. The van der Waals surface area contributed by atoms with Gasteiger partial charge < -0.3 is 19.6 Å². The number of rotatable bonds is 4. The van der Waals surface area contributed by atoms with Crippen LogP contribution in [-0.2, 0) is 9.53 Å². The fourth-order valence-electron chi connectivity index (χ4n) is 1.01. The Kier molecular flexibility index (Phi) is 4.33. The monoisotopic (exact) mass is 247 g/mol. The van der Waals surface area contributed by atoms with Crippen LogP contribution in [0, 0.1) is 0 Å². The molecule has 1 heterocycles. The molecule has 0 aliphatic carbocycles. The molecule has 0 aliphatic heterocycles. The van der Waals surface area contributed by atoms with Gasteiger partial charge in [0.25, 0.3) is 5.91 Å². The molecule has 0 spiro atoms. The highest BCUT2D eigenvalue weighted by Crippen LogP contribution is 2.16. The maximum absolute atomic E-state index is 11.5. The van der Waals surface area contributed by atoms with E-state index < -0.39 is 24.5 Å². The van der Waals surface area contributed by atoms with Gasteiger partial charge in [0.15, 0.2) is 6.04 Å². The Morgan fingerprint density at radius 1 is 1.69 bits per heavy atom. The Balaban J connectivity index is 2.70. The second-order valence-corrected chi connectivity index (χ2v) is 3.18. The summed E-state index contributed by atoms with van der Waals surface area (Å²) in [6.45, 7) is -0.562. The number of carbonyl (C=O) groups is 2. The van der Waals surface area contributed by atoms with Gasteiger partial charge in [-0.1, -0.05) is 0 Å². The van der Waals surface area contributed by atoms with Gasteiger partial charge in [0, 0.05) is 0 Å². The number of halogens is 1. The lowest BCUT2D eigenvalue weighted by Crippen LogP contribution is -2.44. The minimum Gasteiger partial charge on any atom is -0.467 e. The minimum absolute atomic E-state index is 0.0842. The molecule has 1 aromatic rings. The topological polar surface area (TPSA) is 88.8 Å². The molecule has 0 saturated heterocycles. The lowest BCUT2D eigenvalue weighted by molar-refractivity contribution is -0.143.